The molecule has 2 unspecified atom stereocenters. The number of nitrogens with two attached hydrogens (primary N) is 1. The van der Waals surface area contributed by atoms with E-state index in [2.05, 4.69) is 30.9 Å². The number of hydrogen-bond acceptors (Lipinski definition) is 4. The Morgan fingerprint density at radius 2 is 2.18 bits per heavy atom. The monoisotopic (exact) mass is 306 g/mol. The zero-order valence-corrected chi connectivity index (χ0v) is 14.2. The number of piperidine rings is 1. The highest BCUT2D eigenvalue weighted by Gasteiger charge is 2.25. The van der Waals surface area contributed by atoms with Crippen molar-refractivity contribution >= 4 is 0 Å². The molecule has 0 bridgehead atoms. The maximum atomic E-state index is 6.09. The van der Waals surface area contributed by atoms with Gasteiger partial charge in [-0.2, -0.15) is 0 Å². The second-order valence-electron chi connectivity index (χ2n) is 6.25. The van der Waals surface area contributed by atoms with Crippen molar-refractivity contribution in [2.24, 2.45) is 11.7 Å². The Kier molecular flexibility index (Phi) is 6.52. The topological polar surface area (TPSA) is 47.7 Å². The van der Waals surface area contributed by atoms with E-state index in [9.17, 15) is 0 Å². The summed E-state index contributed by atoms with van der Waals surface area (Å²) in [5.74, 6) is 2.36. The van der Waals surface area contributed by atoms with Gasteiger partial charge in [-0.05, 0) is 49.4 Å². The summed E-state index contributed by atoms with van der Waals surface area (Å²) in [5.41, 5.74) is 7.31. The number of rotatable bonds is 7. The Morgan fingerprint density at radius 3 is 2.82 bits per heavy atom. The van der Waals surface area contributed by atoms with Crippen molar-refractivity contribution in [1.29, 1.82) is 0 Å². The third kappa shape index (κ3) is 4.14. The molecule has 0 aromatic heterocycles. The molecule has 2 atom stereocenters. The third-order valence-corrected chi connectivity index (χ3v) is 4.39. The van der Waals surface area contributed by atoms with Gasteiger partial charge in [0.25, 0.3) is 0 Å². The molecule has 0 amide bonds. The molecule has 1 aliphatic heterocycles. The maximum Gasteiger partial charge on any atom is 0.161 e. The minimum atomic E-state index is 0.262. The first-order chi connectivity index (χ1) is 10.7. The van der Waals surface area contributed by atoms with Crippen molar-refractivity contribution < 1.29 is 9.47 Å². The lowest BCUT2D eigenvalue weighted by molar-refractivity contribution is 0.133. The van der Waals surface area contributed by atoms with Gasteiger partial charge < -0.3 is 15.2 Å². The quantitative estimate of drug-likeness (QED) is 0.840. The van der Waals surface area contributed by atoms with Gasteiger partial charge in [0.1, 0.15) is 0 Å². The maximum absolute atomic E-state index is 6.09. The molecule has 0 spiro atoms. The molecular formula is C18H30N2O2. The number of nitrogens with zero attached hydrogens (tertiary/aromatic N) is 1. The molecule has 2 N–H and O–H groups in total. The van der Waals surface area contributed by atoms with Gasteiger partial charge in [0.05, 0.1) is 13.7 Å². The summed E-state index contributed by atoms with van der Waals surface area (Å²) < 4.78 is 11.2. The molecule has 2 rings (SSSR count). The van der Waals surface area contributed by atoms with E-state index in [4.69, 9.17) is 15.2 Å². The highest BCUT2D eigenvalue weighted by Crippen LogP contribution is 2.33. The van der Waals surface area contributed by atoms with Crippen LogP contribution in [0, 0.1) is 5.92 Å². The first-order valence-electron chi connectivity index (χ1n) is 8.44. The number of hydrogen-bond donors (Lipinski definition) is 1. The summed E-state index contributed by atoms with van der Waals surface area (Å²) in [6.45, 7) is 8.01. The molecule has 22 heavy (non-hydrogen) atoms. The second-order valence-corrected chi connectivity index (χ2v) is 6.25. The summed E-state index contributed by atoms with van der Waals surface area (Å²) in [4.78, 5) is 2.51. The minimum absolute atomic E-state index is 0.262. The van der Waals surface area contributed by atoms with Gasteiger partial charge in [0.2, 0.25) is 0 Å². The average molecular weight is 306 g/mol. The molecule has 0 aliphatic carbocycles. The standard InChI is InChI=1S/C18H30N2O2/c1-4-10-22-18-11-15(7-8-17(18)21-3)16(12-19)20-9-5-6-14(2)13-20/h7-8,11,14,16H,4-6,9-10,12-13,19H2,1-3H3. The van der Waals surface area contributed by atoms with Crippen LogP contribution in [-0.4, -0.2) is 38.3 Å². The van der Waals surface area contributed by atoms with Crippen molar-refractivity contribution in [1.82, 2.24) is 4.90 Å². The first-order valence-corrected chi connectivity index (χ1v) is 8.44. The predicted octanol–water partition coefficient (Wildman–Crippen LogP) is 3.22. The highest BCUT2D eigenvalue weighted by atomic mass is 16.5. The van der Waals surface area contributed by atoms with Crippen LogP contribution < -0.4 is 15.2 Å². The van der Waals surface area contributed by atoms with Gasteiger partial charge in [-0.1, -0.05) is 19.9 Å². The Hall–Kier alpha value is -1.26. The Labute approximate surface area is 134 Å². The van der Waals surface area contributed by atoms with Gasteiger partial charge in [-0.3, -0.25) is 4.90 Å². The molecule has 1 fully saturated rings. The van der Waals surface area contributed by atoms with Crippen molar-refractivity contribution in [3.05, 3.63) is 23.8 Å². The Balaban J connectivity index is 2.20. The molecule has 1 heterocycles. The Morgan fingerprint density at radius 1 is 1.36 bits per heavy atom. The zero-order chi connectivity index (χ0) is 15.9. The van der Waals surface area contributed by atoms with Crippen LogP contribution in [0.5, 0.6) is 11.5 Å². The SMILES string of the molecule is CCCOc1cc(C(CN)N2CCCC(C)C2)ccc1OC. The van der Waals surface area contributed by atoms with E-state index in [1.165, 1.54) is 18.4 Å². The van der Waals surface area contributed by atoms with Crippen molar-refractivity contribution in [2.45, 2.75) is 39.2 Å². The fourth-order valence-electron chi connectivity index (χ4n) is 3.23. The summed E-state index contributed by atoms with van der Waals surface area (Å²) in [5, 5.41) is 0. The molecule has 1 aromatic rings. The first kappa shape index (κ1) is 17.1. The number of ether oxygens (including phenoxy) is 2. The van der Waals surface area contributed by atoms with E-state index in [-0.39, 0.29) is 6.04 Å². The molecule has 0 saturated carbocycles. The van der Waals surface area contributed by atoms with Gasteiger partial charge in [-0.25, -0.2) is 0 Å². The molecular weight excluding hydrogens is 276 g/mol. The molecule has 124 valence electrons. The van der Waals surface area contributed by atoms with E-state index in [0.717, 1.165) is 36.9 Å². The largest absolute Gasteiger partial charge is 0.493 e. The lowest BCUT2D eigenvalue weighted by atomic mass is 9.96. The molecule has 0 radical (unpaired) electrons. The van der Waals surface area contributed by atoms with Crippen LogP contribution >= 0.6 is 0 Å². The van der Waals surface area contributed by atoms with Crippen LogP contribution in [-0.2, 0) is 0 Å². The van der Waals surface area contributed by atoms with E-state index >= 15 is 0 Å². The van der Waals surface area contributed by atoms with Crippen LogP contribution in [0.25, 0.3) is 0 Å². The van der Waals surface area contributed by atoms with Gasteiger partial charge in [0, 0.05) is 19.1 Å². The minimum Gasteiger partial charge on any atom is -0.493 e. The second kappa shape index (κ2) is 8.39. The zero-order valence-electron chi connectivity index (χ0n) is 14.2. The van der Waals surface area contributed by atoms with Crippen LogP contribution in [0.4, 0.5) is 0 Å². The molecule has 1 saturated heterocycles. The predicted molar refractivity (Wildman–Crippen MR) is 90.5 cm³/mol. The summed E-state index contributed by atoms with van der Waals surface area (Å²) in [6.07, 6.45) is 3.56. The number of benzene rings is 1. The number of likely N-dealkylation sites (tertiary alicyclic amines) is 1. The lowest BCUT2D eigenvalue weighted by Gasteiger charge is -2.37. The fourth-order valence-corrected chi connectivity index (χ4v) is 3.23. The van der Waals surface area contributed by atoms with E-state index < -0.39 is 0 Å². The molecule has 1 aliphatic rings. The van der Waals surface area contributed by atoms with E-state index in [1.54, 1.807) is 7.11 Å². The van der Waals surface area contributed by atoms with Crippen LogP contribution in [0.15, 0.2) is 18.2 Å². The van der Waals surface area contributed by atoms with Gasteiger partial charge >= 0.3 is 0 Å². The van der Waals surface area contributed by atoms with Crippen molar-refractivity contribution in [3.8, 4) is 11.5 Å². The smallest absolute Gasteiger partial charge is 0.161 e. The Bertz CT molecular complexity index is 464. The average Bonchev–Trinajstić information content (AvgIpc) is 2.54. The molecule has 4 nitrogen and oxygen atoms in total. The normalized spacial score (nSPS) is 20.6. The number of methoxy groups -OCH3 is 1. The van der Waals surface area contributed by atoms with E-state index in [1.807, 2.05) is 6.07 Å². The highest BCUT2D eigenvalue weighted by molar-refractivity contribution is 5.44. The lowest BCUT2D eigenvalue weighted by Crippen LogP contribution is -2.40. The van der Waals surface area contributed by atoms with Crippen molar-refractivity contribution in [2.75, 3.05) is 33.4 Å². The van der Waals surface area contributed by atoms with Crippen LogP contribution in [0.2, 0.25) is 0 Å². The van der Waals surface area contributed by atoms with Gasteiger partial charge in [0.15, 0.2) is 11.5 Å². The summed E-state index contributed by atoms with van der Waals surface area (Å²) in [6, 6.07) is 6.48. The van der Waals surface area contributed by atoms with Crippen LogP contribution in [0.1, 0.15) is 44.7 Å². The third-order valence-electron chi connectivity index (χ3n) is 4.39. The van der Waals surface area contributed by atoms with Gasteiger partial charge in [-0.15, -0.1) is 0 Å². The summed E-state index contributed by atoms with van der Waals surface area (Å²) >= 11 is 0. The fraction of sp³-hybridized carbons (Fsp3) is 0.667. The van der Waals surface area contributed by atoms with Crippen LogP contribution in [0.3, 0.4) is 0 Å². The van der Waals surface area contributed by atoms with E-state index in [0.29, 0.717) is 13.2 Å². The molecule has 1 aromatic carbocycles. The summed E-state index contributed by atoms with van der Waals surface area (Å²) in [7, 11) is 1.68. The molecule has 4 heteroatoms. The van der Waals surface area contributed by atoms with Crippen molar-refractivity contribution in [3.63, 3.8) is 0 Å².